The van der Waals surface area contributed by atoms with Crippen LogP contribution in [0.25, 0.3) is 11.2 Å². The Balaban J connectivity index is 1.19. The normalized spacial score (nSPS) is 17.5. The van der Waals surface area contributed by atoms with Crippen molar-refractivity contribution in [2.45, 2.75) is 32.4 Å². The van der Waals surface area contributed by atoms with Gasteiger partial charge in [-0.2, -0.15) is 9.97 Å². The molecular weight excluding hydrogens is 504 g/mol. The molecule has 0 saturated carbocycles. The fraction of sp³-hybridized carbons (Fsp3) is 0.400. The van der Waals surface area contributed by atoms with Gasteiger partial charge in [0.05, 0.1) is 19.5 Å². The third-order valence-electron chi connectivity index (χ3n) is 8.15. The highest BCUT2D eigenvalue weighted by Gasteiger charge is 2.23. The first-order chi connectivity index (χ1) is 19.7. The van der Waals surface area contributed by atoms with Crippen LogP contribution in [0.3, 0.4) is 0 Å². The summed E-state index contributed by atoms with van der Waals surface area (Å²) in [7, 11) is 0. The van der Waals surface area contributed by atoms with Crippen molar-refractivity contribution in [2.24, 2.45) is 0 Å². The zero-order valence-corrected chi connectivity index (χ0v) is 22.6. The van der Waals surface area contributed by atoms with Crippen LogP contribution in [0.15, 0.2) is 54.9 Å². The van der Waals surface area contributed by atoms with Crippen LogP contribution < -0.4 is 15.1 Å². The first kappa shape index (κ1) is 24.8. The van der Waals surface area contributed by atoms with E-state index in [1.54, 1.807) is 0 Å². The number of carbonyl (C=O) groups excluding carboxylic acids is 1. The molecule has 3 aliphatic heterocycles. The number of rotatable bonds is 7. The van der Waals surface area contributed by atoms with Crippen molar-refractivity contribution in [3.05, 3.63) is 66.0 Å². The van der Waals surface area contributed by atoms with Crippen LogP contribution in [0.4, 0.5) is 23.1 Å². The number of carbonyl (C=O) groups is 1. The van der Waals surface area contributed by atoms with Crippen molar-refractivity contribution in [3.8, 4) is 0 Å². The number of amides is 1. The van der Waals surface area contributed by atoms with E-state index >= 15 is 0 Å². The van der Waals surface area contributed by atoms with E-state index in [1.165, 1.54) is 16.8 Å². The molecule has 10 nitrogen and oxygen atoms in total. The van der Waals surface area contributed by atoms with E-state index in [0.717, 1.165) is 75.6 Å². The predicted octanol–water partition coefficient (Wildman–Crippen LogP) is 3.59. The Morgan fingerprint density at radius 2 is 1.68 bits per heavy atom. The number of morpholine rings is 1. The van der Waals surface area contributed by atoms with Gasteiger partial charge in [0.25, 0.3) is 0 Å². The molecule has 0 unspecified atom stereocenters. The van der Waals surface area contributed by atoms with Gasteiger partial charge in [-0.05, 0) is 48.2 Å². The largest absolute Gasteiger partial charge is 0.378 e. The van der Waals surface area contributed by atoms with Crippen LogP contribution in [-0.2, 0) is 29.0 Å². The van der Waals surface area contributed by atoms with E-state index in [4.69, 9.17) is 19.7 Å². The second kappa shape index (κ2) is 10.8. The fourth-order valence-electron chi connectivity index (χ4n) is 5.87. The number of hydrogen-bond donors (Lipinski definition) is 1. The molecule has 206 valence electrons. The molecule has 0 radical (unpaired) electrons. The molecule has 0 bridgehead atoms. The molecule has 1 N–H and O–H groups in total. The predicted molar refractivity (Wildman–Crippen MR) is 155 cm³/mol. The smallest absolute Gasteiger partial charge is 0.229 e. The zero-order chi connectivity index (χ0) is 26.9. The molecule has 0 spiro atoms. The second-order valence-corrected chi connectivity index (χ2v) is 10.7. The third kappa shape index (κ3) is 4.95. The summed E-state index contributed by atoms with van der Waals surface area (Å²) in [5.41, 5.74) is 6.35. The van der Waals surface area contributed by atoms with Gasteiger partial charge in [-0.25, -0.2) is 4.98 Å². The number of aromatic nitrogens is 4. The minimum absolute atomic E-state index is 0.231. The number of fused-ring (bicyclic) bond motifs is 2. The maximum atomic E-state index is 12.2. The molecule has 10 heteroatoms. The van der Waals surface area contributed by atoms with Gasteiger partial charge in [0.2, 0.25) is 11.9 Å². The molecule has 2 saturated heterocycles. The minimum Gasteiger partial charge on any atom is -0.378 e. The van der Waals surface area contributed by atoms with Crippen LogP contribution in [0.5, 0.6) is 0 Å². The Labute approximate surface area is 233 Å². The molecule has 5 heterocycles. The Morgan fingerprint density at radius 1 is 0.850 bits per heavy atom. The van der Waals surface area contributed by atoms with Crippen molar-refractivity contribution in [3.63, 3.8) is 0 Å². The summed E-state index contributed by atoms with van der Waals surface area (Å²) < 4.78 is 7.55. The molecule has 2 aromatic carbocycles. The van der Waals surface area contributed by atoms with Crippen LogP contribution >= 0.6 is 0 Å². The van der Waals surface area contributed by atoms with Crippen molar-refractivity contribution >= 4 is 40.2 Å². The Kier molecular flexibility index (Phi) is 6.68. The molecule has 40 heavy (non-hydrogen) atoms. The molecule has 4 aromatic rings. The number of anilines is 4. The summed E-state index contributed by atoms with van der Waals surface area (Å²) in [6.07, 6.45) is 4.36. The summed E-state index contributed by atoms with van der Waals surface area (Å²) in [5.74, 6) is 1.61. The van der Waals surface area contributed by atoms with Crippen molar-refractivity contribution in [1.29, 1.82) is 0 Å². The summed E-state index contributed by atoms with van der Waals surface area (Å²) in [6.45, 7) is 7.09. The van der Waals surface area contributed by atoms with Crippen LogP contribution in [-0.4, -0.2) is 76.3 Å². The monoisotopic (exact) mass is 538 g/mol. The average Bonchev–Trinajstić information content (AvgIpc) is 3.62. The lowest BCUT2D eigenvalue weighted by molar-refractivity contribution is -0.127. The maximum absolute atomic E-state index is 12.2. The van der Waals surface area contributed by atoms with E-state index < -0.39 is 0 Å². The Morgan fingerprint density at radius 3 is 2.48 bits per heavy atom. The van der Waals surface area contributed by atoms with E-state index in [2.05, 4.69) is 68.2 Å². The van der Waals surface area contributed by atoms with Gasteiger partial charge in [-0.15, -0.1) is 0 Å². The van der Waals surface area contributed by atoms with Gasteiger partial charge in [0.15, 0.2) is 17.0 Å². The molecule has 2 aromatic heterocycles. The van der Waals surface area contributed by atoms with Crippen LogP contribution in [0.2, 0.25) is 0 Å². The lowest BCUT2D eigenvalue weighted by Crippen LogP contribution is -2.36. The number of likely N-dealkylation sites (tertiary alicyclic amines) is 1. The van der Waals surface area contributed by atoms with Crippen molar-refractivity contribution in [2.75, 3.05) is 61.1 Å². The number of imidazole rings is 1. The molecule has 2 fully saturated rings. The first-order valence-electron chi connectivity index (χ1n) is 14.2. The highest BCUT2D eigenvalue weighted by molar-refractivity contribution is 5.87. The second-order valence-electron chi connectivity index (χ2n) is 10.7. The summed E-state index contributed by atoms with van der Waals surface area (Å²) >= 11 is 0. The lowest BCUT2D eigenvalue weighted by Gasteiger charge is -2.29. The van der Waals surface area contributed by atoms with Gasteiger partial charge in [0, 0.05) is 63.6 Å². The number of nitrogens with zero attached hydrogens (tertiary/aromatic N) is 7. The highest BCUT2D eigenvalue weighted by Crippen LogP contribution is 2.29. The zero-order valence-electron chi connectivity index (χ0n) is 22.6. The molecule has 3 aliphatic rings. The highest BCUT2D eigenvalue weighted by atomic mass is 16.5. The summed E-state index contributed by atoms with van der Waals surface area (Å²) in [5, 5.41) is 3.53. The topological polar surface area (TPSA) is 91.7 Å². The van der Waals surface area contributed by atoms with E-state index in [-0.39, 0.29) is 5.91 Å². The number of ether oxygens (including phenoxy) is 1. The fourth-order valence-corrected chi connectivity index (χ4v) is 5.87. The summed E-state index contributed by atoms with van der Waals surface area (Å²) in [4.78, 5) is 33.5. The third-order valence-corrected chi connectivity index (χ3v) is 8.15. The molecular formula is C30H34N8O2. The van der Waals surface area contributed by atoms with Crippen LogP contribution in [0, 0.1) is 0 Å². The Hall–Kier alpha value is -4.18. The van der Waals surface area contributed by atoms with E-state index in [1.807, 2.05) is 11.2 Å². The van der Waals surface area contributed by atoms with Crippen molar-refractivity contribution < 1.29 is 9.53 Å². The minimum atomic E-state index is 0.231. The van der Waals surface area contributed by atoms with Gasteiger partial charge >= 0.3 is 0 Å². The van der Waals surface area contributed by atoms with Gasteiger partial charge in [-0.3, -0.25) is 4.79 Å². The molecule has 7 rings (SSSR count). The first-order valence-corrected chi connectivity index (χ1v) is 14.2. The van der Waals surface area contributed by atoms with Gasteiger partial charge in [0.1, 0.15) is 0 Å². The Bertz CT molecular complexity index is 1510. The standard InChI is InChI=1S/C30H34N8O2/c39-26-6-3-12-36(26)14-15-38-21-31-27-28(32-24-7-9-25(10-8-24)35-16-18-40-19-17-35)33-30(34-29(27)38)37-13-11-22-4-1-2-5-23(22)20-37/h1-2,4-5,7-10,21H,3,6,11-20H2,(H,32,33,34). The average molecular weight is 539 g/mol. The summed E-state index contributed by atoms with van der Waals surface area (Å²) in [6, 6.07) is 17.0. The molecule has 0 aliphatic carbocycles. The number of benzene rings is 2. The van der Waals surface area contributed by atoms with Gasteiger partial charge in [-0.1, -0.05) is 24.3 Å². The van der Waals surface area contributed by atoms with Gasteiger partial charge < -0.3 is 29.3 Å². The molecule has 1 amide bonds. The lowest BCUT2D eigenvalue weighted by atomic mass is 10.0. The van der Waals surface area contributed by atoms with E-state index in [9.17, 15) is 4.79 Å². The molecule has 0 atom stereocenters. The number of nitrogens with one attached hydrogen (secondary N) is 1. The quantitative estimate of drug-likeness (QED) is 0.382. The van der Waals surface area contributed by atoms with Crippen LogP contribution in [0.1, 0.15) is 24.0 Å². The maximum Gasteiger partial charge on any atom is 0.229 e. The van der Waals surface area contributed by atoms with Crippen molar-refractivity contribution in [1.82, 2.24) is 24.4 Å². The number of hydrogen-bond acceptors (Lipinski definition) is 8. The SMILES string of the molecule is O=C1CCCN1CCn1cnc2c(Nc3ccc(N4CCOCC4)cc3)nc(N3CCc4ccccc4C3)nc21. The van der Waals surface area contributed by atoms with E-state index in [0.29, 0.717) is 31.3 Å².